The number of hydrogen-bond donors (Lipinski definition) is 3. The average Bonchev–Trinajstić information content (AvgIpc) is 3.02. The molecule has 5 heteroatoms. The van der Waals surface area contributed by atoms with Gasteiger partial charge in [0.1, 0.15) is 0 Å². The zero-order valence-corrected chi connectivity index (χ0v) is 9.94. The normalized spacial score (nSPS) is 20.2. The molecule has 0 bridgehead atoms. The standard InChI is InChI=1S/C11H21N3O2/c1-3-9(10(12)14-16)11(15)13-7(2)6-8-4-5-8/h7-9,16H,3-6H2,1-2H3,(H2,12,14)(H,13,15). The van der Waals surface area contributed by atoms with Gasteiger partial charge in [0.05, 0.1) is 5.92 Å². The summed E-state index contributed by atoms with van der Waals surface area (Å²) in [7, 11) is 0. The van der Waals surface area contributed by atoms with Gasteiger partial charge in [-0.15, -0.1) is 0 Å². The Kier molecular flexibility index (Phi) is 4.58. The third kappa shape index (κ3) is 3.72. The average molecular weight is 227 g/mol. The summed E-state index contributed by atoms with van der Waals surface area (Å²) >= 11 is 0. The van der Waals surface area contributed by atoms with Crippen molar-refractivity contribution in [2.75, 3.05) is 0 Å². The molecule has 2 unspecified atom stereocenters. The molecule has 0 aromatic heterocycles. The number of amidine groups is 1. The van der Waals surface area contributed by atoms with Crippen LogP contribution in [0.15, 0.2) is 5.16 Å². The Balaban J connectivity index is 2.41. The Morgan fingerprint density at radius 3 is 2.69 bits per heavy atom. The minimum Gasteiger partial charge on any atom is -0.409 e. The maximum absolute atomic E-state index is 11.8. The molecule has 5 nitrogen and oxygen atoms in total. The third-order valence-electron chi connectivity index (χ3n) is 2.97. The topological polar surface area (TPSA) is 87.7 Å². The van der Waals surface area contributed by atoms with Crippen molar-refractivity contribution in [2.24, 2.45) is 22.7 Å². The maximum Gasteiger partial charge on any atom is 0.231 e. The van der Waals surface area contributed by atoms with Crippen molar-refractivity contribution in [3.63, 3.8) is 0 Å². The van der Waals surface area contributed by atoms with E-state index < -0.39 is 5.92 Å². The molecule has 1 fully saturated rings. The molecule has 0 aliphatic heterocycles. The zero-order chi connectivity index (χ0) is 12.1. The van der Waals surface area contributed by atoms with Gasteiger partial charge in [-0.1, -0.05) is 24.9 Å². The summed E-state index contributed by atoms with van der Waals surface area (Å²) in [5.74, 6) is 0.0930. The molecule has 16 heavy (non-hydrogen) atoms. The number of nitrogens with two attached hydrogens (primary N) is 1. The second-order valence-electron chi connectivity index (χ2n) is 4.57. The number of nitrogens with zero attached hydrogens (tertiary/aromatic N) is 1. The molecule has 0 radical (unpaired) electrons. The first-order valence-corrected chi connectivity index (χ1v) is 5.86. The first kappa shape index (κ1) is 12.8. The van der Waals surface area contributed by atoms with E-state index in [9.17, 15) is 4.79 Å². The quantitative estimate of drug-likeness (QED) is 0.274. The number of amides is 1. The van der Waals surface area contributed by atoms with Crippen LogP contribution in [0.25, 0.3) is 0 Å². The third-order valence-corrected chi connectivity index (χ3v) is 2.97. The van der Waals surface area contributed by atoms with Crippen molar-refractivity contribution < 1.29 is 10.0 Å². The van der Waals surface area contributed by atoms with Crippen LogP contribution in [0.1, 0.15) is 39.5 Å². The first-order valence-electron chi connectivity index (χ1n) is 5.86. The molecule has 4 N–H and O–H groups in total. The van der Waals surface area contributed by atoms with Crippen molar-refractivity contribution in [2.45, 2.75) is 45.6 Å². The molecular weight excluding hydrogens is 206 g/mol. The van der Waals surface area contributed by atoms with E-state index in [-0.39, 0.29) is 17.8 Å². The lowest BCUT2D eigenvalue weighted by molar-refractivity contribution is -0.123. The van der Waals surface area contributed by atoms with Gasteiger partial charge in [0.25, 0.3) is 0 Å². The van der Waals surface area contributed by atoms with Crippen LogP contribution in [0.3, 0.4) is 0 Å². The van der Waals surface area contributed by atoms with Gasteiger partial charge in [-0.3, -0.25) is 4.79 Å². The highest BCUT2D eigenvalue weighted by Crippen LogP contribution is 2.33. The molecule has 0 spiro atoms. The Bertz CT molecular complexity index is 274. The fourth-order valence-corrected chi connectivity index (χ4v) is 1.85. The van der Waals surface area contributed by atoms with E-state index in [0.717, 1.165) is 12.3 Å². The summed E-state index contributed by atoms with van der Waals surface area (Å²) in [6.45, 7) is 3.84. The molecular formula is C11H21N3O2. The minimum absolute atomic E-state index is 0.0152. The van der Waals surface area contributed by atoms with E-state index in [1.807, 2.05) is 13.8 Å². The van der Waals surface area contributed by atoms with Crippen LogP contribution in [0, 0.1) is 11.8 Å². The van der Waals surface area contributed by atoms with E-state index in [4.69, 9.17) is 10.9 Å². The van der Waals surface area contributed by atoms with Crippen LogP contribution in [-0.4, -0.2) is 23.0 Å². The fraction of sp³-hybridized carbons (Fsp3) is 0.818. The van der Waals surface area contributed by atoms with Gasteiger partial charge in [0, 0.05) is 6.04 Å². The molecule has 2 atom stereocenters. The van der Waals surface area contributed by atoms with Gasteiger partial charge in [-0.25, -0.2) is 0 Å². The molecule has 1 saturated carbocycles. The largest absolute Gasteiger partial charge is 0.409 e. The predicted molar refractivity (Wildman–Crippen MR) is 62.1 cm³/mol. The SMILES string of the molecule is CCC(C(=O)NC(C)CC1CC1)C(N)=NO. The molecule has 0 heterocycles. The van der Waals surface area contributed by atoms with Crippen molar-refractivity contribution in [3.05, 3.63) is 0 Å². The Morgan fingerprint density at radius 1 is 1.62 bits per heavy atom. The molecule has 0 aromatic rings. The van der Waals surface area contributed by atoms with Crippen LogP contribution >= 0.6 is 0 Å². The molecule has 1 rings (SSSR count). The highest BCUT2D eigenvalue weighted by molar-refractivity contribution is 6.02. The van der Waals surface area contributed by atoms with Crippen molar-refractivity contribution in [1.82, 2.24) is 5.32 Å². The number of nitrogens with one attached hydrogen (secondary N) is 1. The van der Waals surface area contributed by atoms with Gasteiger partial charge in [-0.2, -0.15) is 0 Å². The molecule has 0 saturated heterocycles. The lowest BCUT2D eigenvalue weighted by Gasteiger charge is -2.18. The number of carbonyl (C=O) groups excluding carboxylic acids is 1. The summed E-state index contributed by atoms with van der Waals surface area (Å²) in [6, 6.07) is 0.167. The zero-order valence-electron chi connectivity index (χ0n) is 9.94. The summed E-state index contributed by atoms with van der Waals surface area (Å²) in [5.41, 5.74) is 5.46. The van der Waals surface area contributed by atoms with E-state index in [1.165, 1.54) is 12.8 Å². The summed E-state index contributed by atoms with van der Waals surface area (Å²) in [5, 5.41) is 14.4. The van der Waals surface area contributed by atoms with Crippen molar-refractivity contribution in [1.29, 1.82) is 0 Å². The van der Waals surface area contributed by atoms with E-state index in [0.29, 0.717) is 6.42 Å². The lowest BCUT2D eigenvalue weighted by Crippen LogP contribution is -2.42. The van der Waals surface area contributed by atoms with Crippen molar-refractivity contribution >= 4 is 11.7 Å². The van der Waals surface area contributed by atoms with Gasteiger partial charge in [-0.05, 0) is 25.7 Å². The molecule has 0 aromatic carbocycles. The van der Waals surface area contributed by atoms with Crippen LogP contribution in [-0.2, 0) is 4.79 Å². The van der Waals surface area contributed by atoms with Gasteiger partial charge >= 0.3 is 0 Å². The number of carbonyl (C=O) groups is 1. The van der Waals surface area contributed by atoms with Crippen LogP contribution in [0.4, 0.5) is 0 Å². The van der Waals surface area contributed by atoms with E-state index >= 15 is 0 Å². The highest BCUT2D eigenvalue weighted by Gasteiger charge is 2.26. The first-order chi connectivity index (χ1) is 7.58. The van der Waals surface area contributed by atoms with Crippen molar-refractivity contribution in [3.8, 4) is 0 Å². The lowest BCUT2D eigenvalue weighted by atomic mass is 10.0. The van der Waals surface area contributed by atoms with Gasteiger partial charge < -0.3 is 16.3 Å². The number of oxime groups is 1. The predicted octanol–water partition coefficient (Wildman–Crippen LogP) is 1.06. The number of rotatable bonds is 6. The van der Waals surface area contributed by atoms with E-state index in [2.05, 4.69) is 10.5 Å². The van der Waals surface area contributed by atoms with Gasteiger partial charge in [0.2, 0.25) is 5.91 Å². The Morgan fingerprint density at radius 2 is 2.25 bits per heavy atom. The van der Waals surface area contributed by atoms with Crippen LogP contribution < -0.4 is 11.1 Å². The Labute approximate surface area is 96.1 Å². The summed E-state index contributed by atoms with van der Waals surface area (Å²) in [4.78, 5) is 11.8. The minimum atomic E-state index is -0.522. The monoisotopic (exact) mass is 227 g/mol. The second kappa shape index (κ2) is 5.72. The van der Waals surface area contributed by atoms with Crippen LogP contribution in [0.5, 0.6) is 0 Å². The molecule has 1 aliphatic carbocycles. The molecule has 1 amide bonds. The number of hydrogen-bond acceptors (Lipinski definition) is 3. The Hall–Kier alpha value is -1.26. The van der Waals surface area contributed by atoms with Crippen LogP contribution in [0.2, 0.25) is 0 Å². The van der Waals surface area contributed by atoms with Gasteiger partial charge in [0.15, 0.2) is 5.84 Å². The van der Waals surface area contributed by atoms with E-state index in [1.54, 1.807) is 0 Å². The molecule has 1 aliphatic rings. The molecule has 92 valence electrons. The smallest absolute Gasteiger partial charge is 0.231 e. The fourth-order valence-electron chi connectivity index (χ4n) is 1.85. The maximum atomic E-state index is 11.8. The summed E-state index contributed by atoms with van der Waals surface area (Å²) in [6.07, 6.45) is 4.12. The summed E-state index contributed by atoms with van der Waals surface area (Å²) < 4.78 is 0. The highest BCUT2D eigenvalue weighted by atomic mass is 16.4. The second-order valence-corrected chi connectivity index (χ2v) is 4.57.